The maximum Gasteiger partial charge on any atom is 0.250 e. The van der Waals surface area contributed by atoms with Crippen LogP contribution in [0.25, 0.3) is 0 Å². The lowest BCUT2D eigenvalue weighted by Crippen LogP contribution is -2.48. The lowest BCUT2D eigenvalue weighted by atomic mass is 9.81. The van der Waals surface area contributed by atoms with Crippen molar-refractivity contribution in [3.63, 3.8) is 0 Å². The van der Waals surface area contributed by atoms with Gasteiger partial charge in [-0.1, -0.05) is 32.9 Å². The monoisotopic (exact) mass is 277 g/mol. The third-order valence-corrected chi connectivity index (χ3v) is 3.62. The molecule has 1 heterocycles. The SMILES string of the molecule is CC(C)(C)[C@H]1CC(O)=CC(=O)N1Cc1ccc(F)cc1. The molecule has 1 atom stereocenters. The molecule has 4 heteroatoms. The van der Waals surface area contributed by atoms with E-state index >= 15 is 0 Å². The van der Waals surface area contributed by atoms with Crippen molar-refractivity contribution in [2.24, 2.45) is 5.41 Å². The van der Waals surface area contributed by atoms with Crippen LogP contribution < -0.4 is 0 Å². The summed E-state index contributed by atoms with van der Waals surface area (Å²) in [5.41, 5.74) is 0.738. The van der Waals surface area contributed by atoms with E-state index in [-0.39, 0.29) is 28.9 Å². The lowest BCUT2D eigenvalue weighted by Gasteiger charge is -2.42. The number of aliphatic hydroxyl groups excluding tert-OH is 1. The van der Waals surface area contributed by atoms with Gasteiger partial charge in [-0.3, -0.25) is 4.79 Å². The fourth-order valence-corrected chi connectivity index (χ4v) is 2.49. The Morgan fingerprint density at radius 1 is 1.30 bits per heavy atom. The molecule has 0 saturated carbocycles. The molecule has 2 rings (SSSR count). The van der Waals surface area contributed by atoms with Gasteiger partial charge in [-0.2, -0.15) is 0 Å². The normalized spacial score (nSPS) is 20.0. The molecule has 1 aliphatic rings. The number of hydrogen-bond acceptors (Lipinski definition) is 2. The van der Waals surface area contributed by atoms with Gasteiger partial charge in [0.05, 0.1) is 5.76 Å². The Morgan fingerprint density at radius 2 is 1.90 bits per heavy atom. The van der Waals surface area contributed by atoms with Gasteiger partial charge in [0, 0.05) is 25.1 Å². The number of amides is 1. The Labute approximate surface area is 118 Å². The number of carbonyl (C=O) groups excluding carboxylic acids is 1. The topological polar surface area (TPSA) is 40.5 Å². The maximum atomic E-state index is 12.9. The molecule has 108 valence electrons. The standard InChI is InChI=1S/C16H20FNO2/c1-16(2,3)14-8-13(19)9-15(20)18(14)10-11-4-6-12(17)7-5-11/h4-7,9,14,19H,8,10H2,1-3H3/t14-/m1/s1. The van der Waals surface area contributed by atoms with Gasteiger partial charge >= 0.3 is 0 Å². The summed E-state index contributed by atoms with van der Waals surface area (Å²) in [7, 11) is 0. The van der Waals surface area contributed by atoms with Crippen molar-refractivity contribution in [3.05, 3.63) is 47.5 Å². The predicted molar refractivity (Wildman–Crippen MR) is 75.5 cm³/mol. The summed E-state index contributed by atoms with van der Waals surface area (Å²) in [6, 6.07) is 6.07. The van der Waals surface area contributed by atoms with Crippen LogP contribution in [0.4, 0.5) is 4.39 Å². The molecule has 20 heavy (non-hydrogen) atoms. The van der Waals surface area contributed by atoms with Crippen molar-refractivity contribution < 1.29 is 14.3 Å². The van der Waals surface area contributed by atoms with Crippen LogP contribution in [0, 0.1) is 11.2 Å². The predicted octanol–water partition coefficient (Wildman–Crippen LogP) is 3.41. The van der Waals surface area contributed by atoms with Crippen LogP contribution >= 0.6 is 0 Å². The van der Waals surface area contributed by atoms with Gasteiger partial charge in [-0.05, 0) is 23.1 Å². The molecule has 3 nitrogen and oxygen atoms in total. The molecule has 0 aromatic heterocycles. The van der Waals surface area contributed by atoms with Crippen molar-refractivity contribution in [2.75, 3.05) is 0 Å². The van der Waals surface area contributed by atoms with Crippen molar-refractivity contribution >= 4 is 5.91 Å². The van der Waals surface area contributed by atoms with Crippen molar-refractivity contribution in [1.82, 2.24) is 4.90 Å². The second-order valence-corrected chi connectivity index (χ2v) is 6.31. The van der Waals surface area contributed by atoms with Gasteiger partial charge in [0.1, 0.15) is 5.82 Å². The van der Waals surface area contributed by atoms with E-state index in [1.54, 1.807) is 17.0 Å². The van der Waals surface area contributed by atoms with E-state index in [0.29, 0.717) is 13.0 Å². The Morgan fingerprint density at radius 3 is 2.45 bits per heavy atom. The minimum atomic E-state index is -0.288. The molecular formula is C16H20FNO2. The largest absolute Gasteiger partial charge is 0.512 e. The Balaban J connectivity index is 2.26. The van der Waals surface area contributed by atoms with Crippen molar-refractivity contribution in [3.8, 4) is 0 Å². The fraction of sp³-hybridized carbons (Fsp3) is 0.438. The average Bonchev–Trinajstić information content (AvgIpc) is 2.33. The number of carbonyl (C=O) groups is 1. The van der Waals surface area contributed by atoms with E-state index in [2.05, 4.69) is 0 Å². The van der Waals surface area contributed by atoms with E-state index in [9.17, 15) is 14.3 Å². The van der Waals surface area contributed by atoms with Crippen LogP contribution in [-0.4, -0.2) is 22.0 Å². The highest BCUT2D eigenvalue weighted by molar-refractivity contribution is 5.89. The quantitative estimate of drug-likeness (QED) is 0.900. The molecule has 0 aliphatic carbocycles. The maximum absolute atomic E-state index is 12.9. The molecular weight excluding hydrogens is 257 g/mol. The number of hydrogen-bond donors (Lipinski definition) is 1. The van der Waals surface area contributed by atoms with E-state index in [4.69, 9.17) is 0 Å². The van der Waals surface area contributed by atoms with Gasteiger partial charge in [0.2, 0.25) is 0 Å². The first kappa shape index (κ1) is 14.6. The first-order chi connectivity index (χ1) is 9.27. The molecule has 0 fully saturated rings. The first-order valence-electron chi connectivity index (χ1n) is 6.72. The summed E-state index contributed by atoms with van der Waals surface area (Å²) in [6.07, 6.45) is 1.72. The minimum Gasteiger partial charge on any atom is -0.512 e. The summed E-state index contributed by atoms with van der Waals surface area (Å²) < 4.78 is 12.9. The van der Waals surface area contributed by atoms with Gasteiger partial charge in [-0.25, -0.2) is 4.39 Å². The zero-order valence-electron chi connectivity index (χ0n) is 12.1. The number of aliphatic hydroxyl groups is 1. The Kier molecular flexibility index (Phi) is 3.84. The molecule has 0 unspecified atom stereocenters. The zero-order chi connectivity index (χ0) is 14.9. The van der Waals surface area contributed by atoms with E-state index in [1.165, 1.54) is 18.2 Å². The molecule has 0 spiro atoms. The molecule has 0 bridgehead atoms. The summed E-state index contributed by atoms with van der Waals surface area (Å²) in [6.45, 7) is 6.55. The second kappa shape index (κ2) is 5.27. The van der Waals surface area contributed by atoms with Gasteiger partial charge < -0.3 is 10.0 Å². The summed E-state index contributed by atoms with van der Waals surface area (Å²) in [5, 5.41) is 9.70. The summed E-state index contributed by atoms with van der Waals surface area (Å²) in [5.74, 6) is -0.355. The van der Waals surface area contributed by atoms with Gasteiger partial charge in [-0.15, -0.1) is 0 Å². The smallest absolute Gasteiger partial charge is 0.250 e. The minimum absolute atomic E-state index is 0.0787. The van der Waals surface area contributed by atoms with Crippen LogP contribution in [0.3, 0.4) is 0 Å². The summed E-state index contributed by atoms with van der Waals surface area (Å²) in [4.78, 5) is 13.9. The average molecular weight is 277 g/mol. The third-order valence-electron chi connectivity index (χ3n) is 3.62. The van der Waals surface area contributed by atoms with Crippen LogP contribution in [0.2, 0.25) is 0 Å². The van der Waals surface area contributed by atoms with Gasteiger partial charge in [0.25, 0.3) is 5.91 Å². The van der Waals surface area contributed by atoms with Crippen molar-refractivity contribution in [2.45, 2.75) is 39.8 Å². The Bertz CT molecular complexity index is 528. The van der Waals surface area contributed by atoms with Crippen molar-refractivity contribution in [1.29, 1.82) is 0 Å². The third kappa shape index (κ3) is 3.18. The van der Waals surface area contributed by atoms with Crippen LogP contribution in [-0.2, 0) is 11.3 Å². The van der Waals surface area contributed by atoms with Gasteiger partial charge in [0.15, 0.2) is 0 Å². The number of rotatable bonds is 2. The Hall–Kier alpha value is -1.84. The van der Waals surface area contributed by atoms with E-state index < -0.39 is 0 Å². The fourth-order valence-electron chi connectivity index (χ4n) is 2.49. The highest BCUT2D eigenvalue weighted by Gasteiger charge is 2.36. The van der Waals surface area contributed by atoms with Crippen LogP contribution in [0.15, 0.2) is 36.1 Å². The highest BCUT2D eigenvalue weighted by atomic mass is 19.1. The lowest BCUT2D eigenvalue weighted by molar-refractivity contribution is -0.133. The molecule has 1 aromatic rings. The molecule has 0 saturated heterocycles. The number of benzene rings is 1. The second-order valence-electron chi connectivity index (χ2n) is 6.31. The van der Waals surface area contributed by atoms with E-state index in [0.717, 1.165) is 5.56 Å². The first-order valence-corrected chi connectivity index (χ1v) is 6.72. The molecule has 1 aromatic carbocycles. The molecule has 1 aliphatic heterocycles. The van der Waals surface area contributed by atoms with Crippen LogP contribution in [0.1, 0.15) is 32.8 Å². The molecule has 0 radical (unpaired) electrons. The number of nitrogens with zero attached hydrogens (tertiary/aromatic N) is 1. The molecule has 1 N–H and O–H groups in total. The van der Waals surface area contributed by atoms with Crippen LogP contribution in [0.5, 0.6) is 0 Å². The summed E-state index contributed by atoms with van der Waals surface area (Å²) >= 11 is 0. The molecule has 1 amide bonds. The van der Waals surface area contributed by atoms with E-state index in [1.807, 2.05) is 20.8 Å². The highest BCUT2D eigenvalue weighted by Crippen LogP contribution is 2.33. The number of halogens is 1. The zero-order valence-corrected chi connectivity index (χ0v) is 12.1.